The average Bonchev–Trinajstić information content (AvgIpc) is 2.97. The van der Waals surface area contributed by atoms with Crippen LogP contribution in [0.15, 0.2) is 45.6 Å². The number of hydrogen-bond donors (Lipinski definition) is 1. The smallest absolute Gasteiger partial charge is 0.347 e. The highest BCUT2D eigenvalue weighted by Crippen LogP contribution is 2.25. The summed E-state index contributed by atoms with van der Waals surface area (Å²) in [6, 6.07) is 11.2. The first-order valence-corrected chi connectivity index (χ1v) is 8.23. The lowest BCUT2D eigenvalue weighted by Crippen LogP contribution is -2.03. The van der Waals surface area contributed by atoms with Crippen molar-refractivity contribution in [3.63, 3.8) is 0 Å². The van der Waals surface area contributed by atoms with E-state index in [4.69, 9.17) is 9.15 Å². The molecular weight excluding hydrogens is 316 g/mol. The Morgan fingerprint density at radius 3 is 2.72 bits per heavy atom. The van der Waals surface area contributed by atoms with Gasteiger partial charge in [-0.3, -0.25) is 0 Å². The topological polar surface area (TPSA) is 68.1 Å². The molecule has 0 saturated carbocycles. The fraction of sp³-hybridized carbons (Fsp3) is 0.200. The summed E-state index contributed by atoms with van der Waals surface area (Å²) < 4.78 is 11.0. The van der Waals surface area contributed by atoms with Crippen LogP contribution in [0.4, 0.5) is 0 Å². The van der Waals surface area contributed by atoms with Crippen molar-refractivity contribution in [1.82, 2.24) is 9.97 Å². The third-order valence-electron chi connectivity index (χ3n) is 4.37. The fourth-order valence-electron chi connectivity index (χ4n) is 2.92. The molecule has 0 bridgehead atoms. The van der Waals surface area contributed by atoms with Crippen LogP contribution in [-0.4, -0.2) is 16.6 Å². The third-order valence-corrected chi connectivity index (χ3v) is 4.37. The standard InChI is InChI=1S/C20H18N2O3/c1-4-24-14-5-6-18-13(9-14)10-15(20(23)25-18)19-21-16-7-11(2)12(3)8-17(16)22-19/h5-10H,4H2,1-3H3,(H,21,22). The number of nitrogens with zero attached hydrogens (tertiary/aromatic N) is 1. The number of hydrogen-bond acceptors (Lipinski definition) is 4. The maximum atomic E-state index is 12.4. The van der Waals surface area contributed by atoms with Crippen molar-refractivity contribution >= 4 is 22.0 Å². The molecule has 0 aliphatic heterocycles. The molecule has 25 heavy (non-hydrogen) atoms. The van der Waals surface area contributed by atoms with Gasteiger partial charge in [-0.2, -0.15) is 0 Å². The lowest BCUT2D eigenvalue weighted by Gasteiger charge is -2.04. The Bertz CT molecular complexity index is 1120. The van der Waals surface area contributed by atoms with Crippen LogP contribution in [0.5, 0.6) is 5.75 Å². The van der Waals surface area contributed by atoms with Gasteiger partial charge >= 0.3 is 5.63 Å². The molecule has 0 fully saturated rings. The summed E-state index contributed by atoms with van der Waals surface area (Å²) in [5.74, 6) is 1.25. The minimum absolute atomic E-state index is 0.410. The normalized spacial score (nSPS) is 11.3. The molecule has 0 aliphatic rings. The molecule has 5 heteroatoms. The Morgan fingerprint density at radius 1 is 1.12 bits per heavy atom. The highest BCUT2D eigenvalue weighted by atomic mass is 16.5. The van der Waals surface area contributed by atoms with E-state index in [1.165, 1.54) is 5.56 Å². The zero-order chi connectivity index (χ0) is 17.6. The summed E-state index contributed by atoms with van der Waals surface area (Å²) in [5, 5.41) is 0.799. The molecule has 4 rings (SSSR count). The van der Waals surface area contributed by atoms with E-state index in [0.717, 1.165) is 27.7 Å². The number of fused-ring (bicyclic) bond motifs is 2. The second-order valence-corrected chi connectivity index (χ2v) is 6.12. The van der Waals surface area contributed by atoms with Gasteiger partial charge < -0.3 is 14.1 Å². The molecule has 2 aromatic carbocycles. The molecule has 4 aromatic rings. The van der Waals surface area contributed by atoms with Gasteiger partial charge in [0.25, 0.3) is 0 Å². The summed E-state index contributed by atoms with van der Waals surface area (Å²) in [4.78, 5) is 20.2. The van der Waals surface area contributed by atoms with Gasteiger partial charge in [-0.1, -0.05) is 0 Å². The number of aromatic amines is 1. The zero-order valence-electron chi connectivity index (χ0n) is 14.3. The first-order valence-electron chi connectivity index (χ1n) is 8.23. The minimum Gasteiger partial charge on any atom is -0.494 e. The van der Waals surface area contributed by atoms with Gasteiger partial charge in [-0.25, -0.2) is 9.78 Å². The first kappa shape index (κ1) is 15.4. The molecule has 0 radical (unpaired) electrons. The second-order valence-electron chi connectivity index (χ2n) is 6.12. The van der Waals surface area contributed by atoms with Crippen LogP contribution in [0.2, 0.25) is 0 Å². The lowest BCUT2D eigenvalue weighted by molar-refractivity contribution is 0.340. The van der Waals surface area contributed by atoms with Gasteiger partial charge in [0.05, 0.1) is 17.6 Å². The van der Waals surface area contributed by atoms with Gasteiger partial charge in [-0.05, 0) is 68.3 Å². The summed E-state index contributed by atoms with van der Waals surface area (Å²) in [7, 11) is 0. The van der Waals surface area contributed by atoms with Gasteiger partial charge in [0, 0.05) is 5.39 Å². The van der Waals surface area contributed by atoms with Crippen LogP contribution >= 0.6 is 0 Å². The summed E-state index contributed by atoms with van der Waals surface area (Å²) in [6.45, 7) is 6.61. The van der Waals surface area contributed by atoms with Crippen LogP contribution in [-0.2, 0) is 0 Å². The molecule has 1 N–H and O–H groups in total. The van der Waals surface area contributed by atoms with Crippen molar-refractivity contribution in [1.29, 1.82) is 0 Å². The van der Waals surface area contributed by atoms with E-state index in [0.29, 0.717) is 23.6 Å². The van der Waals surface area contributed by atoms with E-state index < -0.39 is 5.63 Å². The third kappa shape index (κ3) is 2.67. The molecule has 2 heterocycles. The number of imidazole rings is 1. The van der Waals surface area contributed by atoms with Crippen LogP contribution < -0.4 is 10.4 Å². The summed E-state index contributed by atoms with van der Waals surface area (Å²) in [5.41, 5.74) is 4.60. The summed E-state index contributed by atoms with van der Waals surface area (Å²) in [6.07, 6.45) is 0. The van der Waals surface area contributed by atoms with Crippen molar-refractivity contribution in [3.8, 4) is 17.1 Å². The Kier molecular flexibility index (Phi) is 3.57. The predicted octanol–water partition coefficient (Wildman–Crippen LogP) is 4.35. The Labute approximate surface area is 144 Å². The molecular formula is C20H18N2O3. The summed E-state index contributed by atoms with van der Waals surface area (Å²) >= 11 is 0. The Hall–Kier alpha value is -3.08. The van der Waals surface area contributed by atoms with Gasteiger partial charge in [0.1, 0.15) is 22.7 Å². The van der Waals surface area contributed by atoms with Crippen molar-refractivity contribution < 1.29 is 9.15 Å². The Morgan fingerprint density at radius 2 is 1.92 bits per heavy atom. The van der Waals surface area contributed by atoms with Crippen LogP contribution in [0, 0.1) is 13.8 Å². The maximum Gasteiger partial charge on any atom is 0.347 e. The van der Waals surface area contributed by atoms with E-state index in [9.17, 15) is 4.79 Å². The van der Waals surface area contributed by atoms with E-state index in [-0.39, 0.29) is 0 Å². The van der Waals surface area contributed by atoms with Crippen molar-refractivity contribution in [2.75, 3.05) is 6.61 Å². The number of nitrogens with one attached hydrogen (secondary N) is 1. The van der Waals surface area contributed by atoms with Crippen LogP contribution in [0.1, 0.15) is 18.1 Å². The van der Waals surface area contributed by atoms with Crippen LogP contribution in [0.3, 0.4) is 0 Å². The van der Waals surface area contributed by atoms with E-state index in [1.54, 1.807) is 18.2 Å². The fourth-order valence-corrected chi connectivity index (χ4v) is 2.92. The monoisotopic (exact) mass is 334 g/mol. The number of H-pyrrole nitrogens is 1. The highest BCUT2D eigenvalue weighted by molar-refractivity contribution is 5.85. The number of aromatic nitrogens is 2. The van der Waals surface area contributed by atoms with Crippen molar-refractivity contribution in [2.24, 2.45) is 0 Å². The molecule has 126 valence electrons. The molecule has 0 aliphatic carbocycles. The number of aryl methyl sites for hydroxylation is 2. The highest BCUT2D eigenvalue weighted by Gasteiger charge is 2.13. The molecule has 0 spiro atoms. The SMILES string of the molecule is CCOc1ccc2oc(=O)c(-c3nc4cc(C)c(C)cc4[nH]3)cc2c1. The molecule has 0 atom stereocenters. The van der Waals surface area contributed by atoms with E-state index in [1.807, 2.05) is 32.0 Å². The largest absolute Gasteiger partial charge is 0.494 e. The van der Waals surface area contributed by atoms with Crippen LogP contribution in [0.25, 0.3) is 33.4 Å². The Balaban J connectivity index is 1.90. The van der Waals surface area contributed by atoms with Gasteiger partial charge in [-0.15, -0.1) is 0 Å². The predicted molar refractivity (Wildman–Crippen MR) is 98.2 cm³/mol. The van der Waals surface area contributed by atoms with Crippen molar-refractivity contribution in [2.45, 2.75) is 20.8 Å². The number of rotatable bonds is 3. The average molecular weight is 334 g/mol. The maximum absolute atomic E-state index is 12.4. The van der Waals surface area contributed by atoms with E-state index in [2.05, 4.69) is 16.9 Å². The lowest BCUT2D eigenvalue weighted by atomic mass is 10.1. The van der Waals surface area contributed by atoms with E-state index >= 15 is 0 Å². The van der Waals surface area contributed by atoms with Crippen molar-refractivity contribution in [3.05, 3.63) is 57.9 Å². The second kappa shape index (κ2) is 5.77. The van der Waals surface area contributed by atoms with Gasteiger partial charge in [0.2, 0.25) is 0 Å². The first-order chi connectivity index (χ1) is 12.0. The minimum atomic E-state index is -0.413. The molecule has 0 amide bonds. The molecule has 5 nitrogen and oxygen atoms in total. The number of benzene rings is 2. The molecule has 2 aromatic heterocycles. The number of ether oxygens (including phenoxy) is 1. The quantitative estimate of drug-likeness (QED) is 0.566. The molecule has 0 unspecified atom stereocenters. The zero-order valence-corrected chi connectivity index (χ0v) is 14.3. The van der Waals surface area contributed by atoms with Gasteiger partial charge in [0.15, 0.2) is 0 Å². The molecule has 0 saturated heterocycles.